The van der Waals surface area contributed by atoms with Gasteiger partial charge in [-0.2, -0.15) is 0 Å². The summed E-state index contributed by atoms with van der Waals surface area (Å²) >= 11 is 0. The number of nitrogens with one attached hydrogen (secondary N) is 1. The molecule has 1 aliphatic heterocycles. The van der Waals surface area contributed by atoms with E-state index in [2.05, 4.69) is 134 Å². The van der Waals surface area contributed by atoms with Gasteiger partial charge in [0.15, 0.2) is 0 Å². The lowest BCUT2D eigenvalue weighted by molar-refractivity contribution is 0.173. The molecule has 5 aromatic rings. The highest BCUT2D eigenvalue weighted by Crippen LogP contribution is 2.58. The molecule has 5 aromatic carbocycles. The molecule has 42 heavy (non-hydrogen) atoms. The van der Waals surface area contributed by atoms with Crippen molar-refractivity contribution in [1.29, 1.82) is 0 Å². The van der Waals surface area contributed by atoms with E-state index >= 15 is 0 Å². The summed E-state index contributed by atoms with van der Waals surface area (Å²) in [4.78, 5) is 0. The van der Waals surface area contributed by atoms with E-state index in [0.717, 1.165) is 12.8 Å². The van der Waals surface area contributed by atoms with Crippen molar-refractivity contribution in [2.45, 2.75) is 44.6 Å². The Kier molecular flexibility index (Phi) is 5.24. The standard InChI is InChI=1S/C41H35N/c1-41-24-9-8-13-29(41)22-23-35-39-34(18-10-19-36(39)42-40(35)41)38-32-16-6-4-14-30(32)37(31-15-5-7-17-33(31)38)28-21-20-26-11-2-3-12-27(26)25-28/h3-10,12-21,24-25,29,35,40,42H,2,11,22-23H2,1H3. The third-order valence-corrected chi connectivity index (χ3v) is 10.9. The number of fused-ring (bicyclic) bond motifs is 8. The molecule has 0 spiro atoms. The SMILES string of the molecule is CC12C=CC=CC1CCC1c3c(cccc3-c3c4ccccc4c(-c4ccc5c(c4)C=CCC5)c4ccccc34)NC12. The molecular formula is C41H35N. The summed E-state index contributed by atoms with van der Waals surface area (Å²) in [7, 11) is 0. The maximum absolute atomic E-state index is 4.06. The number of allylic oxidation sites excluding steroid dienone is 4. The first-order valence-electron chi connectivity index (χ1n) is 15.7. The van der Waals surface area contributed by atoms with Crippen molar-refractivity contribution in [2.24, 2.45) is 11.3 Å². The van der Waals surface area contributed by atoms with Crippen LogP contribution in [0.5, 0.6) is 0 Å². The van der Waals surface area contributed by atoms with Crippen LogP contribution in [0, 0.1) is 11.3 Å². The monoisotopic (exact) mass is 541 g/mol. The molecule has 0 bridgehead atoms. The molecule has 9 rings (SSSR count). The van der Waals surface area contributed by atoms with Crippen LogP contribution in [-0.4, -0.2) is 6.04 Å². The Labute approximate surface area is 248 Å². The Balaban J connectivity index is 1.30. The molecule has 0 saturated heterocycles. The molecule has 0 aromatic heterocycles. The molecule has 1 nitrogen and oxygen atoms in total. The normalized spacial score (nSPS) is 25.1. The topological polar surface area (TPSA) is 12.0 Å². The third-order valence-electron chi connectivity index (χ3n) is 10.9. The molecule has 1 saturated carbocycles. The van der Waals surface area contributed by atoms with Crippen LogP contribution in [0.1, 0.15) is 48.8 Å². The van der Waals surface area contributed by atoms with Crippen molar-refractivity contribution in [2.75, 3.05) is 5.32 Å². The van der Waals surface area contributed by atoms with Crippen LogP contribution >= 0.6 is 0 Å². The molecule has 204 valence electrons. The van der Waals surface area contributed by atoms with Gasteiger partial charge in [-0.3, -0.25) is 0 Å². The first-order chi connectivity index (χ1) is 20.7. The van der Waals surface area contributed by atoms with Gasteiger partial charge in [-0.15, -0.1) is 0 Å². The molecule has 1 N–H and O–H groups in total. The van der Waals surface area contributed by atoms with Crippen molar-refractivity contribution in [3.63, 3.8) is 0 Å². The van der Waals surface area contributed by atoms with Gasteiger partial charge in [-0.05, 0) is 104 Å². The van der Waals surface area contributed by atoms with Crippen LogP contribution in [0.25, 0.3) is 49.9 Å². The fraction of sp³-hybridized carbons (Fsp3) is 0.220. The number of rotatable bonds is 2. The van der Waals surface area contributed by atoms with Crippen molar-refractivity contribution >= 4 is 33.3 Å². The van der Waals surface area contributed by atoms with Crippen molar-refractivity contribution in [3.8, 4) is 22.3 Å². The number of aryl methyl sites for hydroxylation is 1. The Morgan fingerprint density at radius 3 is 2.31 bits per heavy atom. The maximum Gasteiger partial charge on any atom is 0.0424 e. The van der Waals surface area contributed by atoms with Gasteiger partial charge in [0.1, 0.15) is 0 Å². The van der Waals surface area contributed by atoms with E-state index in [1.807, 2.05) is 0 Å². The van der Waals surface area contributed by atoms with Gasteiger partial charge in [0.2, 0.25) is 0 Å². The fourth-order valence-electron chi connectivity index (χ4n) is 8.85. The van der Waals surface area contributed by atoms with Gasteiger partial charge in [-0.25, -0.2) is 0 Å². The minimum absolute atomic E-state index is 0.128. The lowest BCUT2D eigenvalue weighted by Gasteiger charge is -2.47. The summed E-state index contributed by atoms with van der Waals surface area (Å²) in [5.74, 6) is 1.10. The van der Waals surface area contributed by atoms with Crippen LogP contribution in [0.3, 0.4) is 0 Å². The van der Waals surface area contributed by atoms with Crippen LogP contribution < -0.4 is 5.32 Å². The number of hydrogen-bond donors (Lipinski definition) is 1. The van der Waals surface area contributed by atoms with Crippen molar-refractivity contribution < 1.29 is 0 Å². The summed E-state index contributed by atoms with van der Waals surface area (Å²) in [6.45, 7) is 2.47. The van der Waals surface area contributed by atoms with Crippen molar-refractivity contribution in [1.82, 2.24) is 0 Å². The number of hydrogen-bond acceptors (Lipinski definition) is 1. The Bertz CT molecular complexity index is 1950. The second-order valence-corrected chi connectivity index (χ2v) is 13.0. The Morgan fingerprint density at radius 1 is 0.762 bits per heavy atom. The van der Waals surface area contributed by atoms with E-state index in [4.69, 9.17) is 0 Å². The van der Waals surface area contributed by atoms with E-state index < -0.39 is 0 Å². The predicted octanol–water partition coefficient (Wildman–Crippen LogP) is 10.7. The highest BCUT2D eigenvalue weighted by Gasteiger charge is 2.51. The summed E-state index contributed by atoms with van der Waals surface area (Å²) in [5, 5.41) is 9.42. The smallest absolute Gasteiger partial charge is 0.0424 e. The largest absolute Gasteiger partial charge is 0.381 e. The van der Waals surface area contributed by atoms with E-state index in [1.165, 1.54) is 79.0 Å². The Morgan fingerprint density at radius 2 is 1.52 bits per heavy atom. The maximum atomic E-state index is 4.06. The molecular weight excluding hydrogens is 506 g/mol. The molecule has 1 fully saturated rings. The quantitative estimate of drug-likeness (QED) is 0.219. The van der Waals surface area contributed by atoms with E-state index in [0.29, 0.717) is 17.9 Å². The third kappa shape index (κ3) is 3.37. The molecule has 0 radical (unpaired) electrons. The van der Waals surface area contributed by atoms with Crippen LogP contribution in [0.2, 0.25) is 0 Å². The first-order valence-corrected chi connectivity index (χ1v) is 15.7. The Hall–Kier alpha value is -4.36. The lowest BCUT2D eigenvalue weighted by Crippen LogP contribution is -2.47. The molecule has 3 aliphatic carbocycles. The summed E-state index contributed by atoms with van der Waals surface area (Å²) in [5.41, 5.74) is 11.2. The van der Waals surface area contributed by atoms with Gasteiger partial charge in [0.25, 0.3) is 0 Å². The van der Waals surface area contributed by atoms with Crippen LogP contribution in [-0.2, 0) is 6.42 Å². The minimum Gasteiger partial charge on any atom is -0.381 e. The first kappa shape index (κ1) is 24.3. The summed E-state index contributed by atoms with van der Waals surface area (Å²) in [6.07, 6.45) is 18.8. The zero-order valence-electron chi connectivity index (χ0n) is 24.1. The van der Waals surface area contributed by atoms with E-state index in [-0.39, 0.29) is 5.41 Å². The highest BCUT2D eigenvalue weighted by atomic mass is 15.0. The van der Waals surface area contributed by atoms with Crippen molar-refractivity contribution in [3.05, 3.63) is 132 Å². The lowest BCUT2D eigenvalue weighted by atomic mass is 9.59. The molecule has 1 heterocycles. The number of anilines is 1. The van der Waals surface area contributed by atoms with Gasteiger partial charge >= 0.3 is 0 Å². The average Bonchev–Trinajstić information content (AvgIpc) is 3.44. The molecule has 4 atom stereocenters. The van der Waals surface area contributed by atoms with Gasteiger partial charge in [-0.1, -0.05) is 116 Å². The van der Waals surface area contributed by atoms with E-state index in [9.17, 15) is 0 Å². The highest BCUT2D eigenvalue weighted by molar-refractivity contribution is 6.22. The predicted molar refractivity (Wildman–Crippen MR) is 179 cm³/mol. The second kappa shape index (κ2) is 9.07. The zero-order valence-corrected chi connectivity index (χ0v) is 24.1. The fourth-order valence-corrected chi connectivity index (χ4v) is 8.85. The summed E-state index contributed by atoms with van der Waals surface area (Å²) in [6, 6.07) is 32.7. The zero-order chi connectivity index (χ0) is 27.8. The van der Waals surface area contributed by atoms with Gasteiger partial charge < -0.3 is 5.32 Å². The molecule has 4 aliphatic rings. The van der Waals surface area contributed by atoms with Crippen LogP contribution in [0.15, 0.2) is 115 Å². The molecule has 0 amide bonds. The van der Waals surface area contributed by atoms with Crippen LogP contribution in [0.4, 0.5) is 5.69 Å². The average molecular weight is 542 g/mol. The van der Waals surface area contributed by atoms with Gasteiger partial charge in [0, 0.05) is 23.1 Å². The molecule has 1 heteroatoms. The van der Waals surface area contributed by atoms with Gasteiger partial charge in [0.05, 0.1) is 0 Å². The minimum atomic E-state index is 0.128. The van der Waals surface area contributed by atoms with E-state index in [1.54, 1.807) is 0 Å². The summed E-state index contributed by atoms with van der Waals surface area (Å²) < 4.78 is 0. The molecule has 4 unspecified atom stereocenters. The number of benzene rings is 5. The second-order valence-electron chi connectivity index (χ2n) is 13.0.